The molecule has 62 valence electrons. The van der Waals surface area contributed by atoms with Gasteiger partial charge in [-0.2, -0.15) is 0 Å². The molecular formula is C8H15N3. The molecule has 0 atom stereocenters. The van der Waals surface area contributed by atoms with Crippen LogP contribution in [0, 0.1) is 0 Å². The van der Waals surface area contributed by atoms with Crippen LogP contribution < -0.4 is 5.73 Å². The third-order valence-corrected chi connectivity index (χ3v) is 1.57. The minimum absolute atomic E-state index is 0.0758. The number of imidazole rings is 1. The first kappa shape index (κ1) is 8.11. The van der Waals surface area contributed by atoms with Crippen molar-refractivity contribution in [2.45, 2.75) is 26.2 Å². The third kappa shape index (κ3) is 1.53. The number of hydrogen-bond acceptors (Lipinski definition) is 2. The van der Waals surface area contributed by atoms with E-state index in [9.17, 15) is 0 Å². The Labute approximate surface area is 67.2 Å². The van der Waals surface area contributed by atoms with Gasteiger partial charge < -0.3 is 10.3 Å². The summed E-state index contributed by atoms with van der Waals surface area (Å²) in [5, 5.41) is 0. The first-order chi connectivity index (χ1) is 4.91. The normalized spacial score (nSPS) is 12.0. The fourth-order valence-corrected chi connectivity index (χ4v) is 1.19. The van der Waals surface area contributed by atoms with Crippen molar-refractivity contribution in [2.24, 2.45) is 7.05 Å². The highest BCUT2D eigenvalue weighted by atomic mass is 15.1. The lowest BCUT2D eigenvalue weighted by molar-refractivity contribution is 0.523. The largest absolute Gasteiger partial charge is 0.382 e. The lowest BCUT2D eigenvalue weighted by Gasteiger charge is -2.16. The Morgan fingerprint density at radius 1 is 1.45 bits per heavy atom. The summed E-state index contributed by atoms with van der Waals surface area (Å²) in [4.78, 5) is 4.22. The lowest BCUT2D eigenvalue weighted by Crippen LogP contribution is -2.17. The summed E-state index contributed by atoms with van der Waals surface area (Å²) >= 11 is 0. The Bertz CT molecular complexity index is 255. The average Bonchev–Trinajstić information content (AvgIpc) is 2.08. The molecule has 0 bridgehead atoms. The van der Waals surface area contributed by atoms with E-state index in [0.29, 0.717) is 5.82 Å². The van der Waals surface area contributed by atoms with Crippen molar-refractivity contribution in [3.05, 3.63) is 12.0 Å². The molecule has 3 nitrogen and oxygen atoms in total. The van der Waals surface area contributed by atoms with Crippen LogP contribution in [0.2, 0.25) is 0 Å². The van der Waals surface area contributed by atoms with Gasteiger partial charge in [-0.15, -0.1) is 0 Å². The standard InChI is InChI=1S/C8H15N3/c1-8(2,3)7-10-6(9)5-11(7)4/h5H,9H2,1-4H3. The molecule has 0 aliphatic carbocycles. The van der Waals surface area contributed by atoms with Crippen molar-refractivity contribution in [1.82, 2.24) is 9.55 Å². The number of nitrogen functional groups attached to an aromatic ring is 1. The molecule has 0 fully saturated rings. The molecule has 0 aliphatic heterocycles. The topological polar surface area (TPSA) is 43.8 Å². The minimum Gasteiger partial charge on any atom is -0.382 e. The van der Waals surface area contributed by atoms with Gasteiger partial charge in [0.2, 0.25) is 0 Å². The van der Waals surface area contributed by atoms with Crippen LogP contribution in [0.1, 0.15) is 26.6 Å². The molecule has 1 heterocycles. The number of rotatable bonds is 0. The van der Waals surface area contributed by atoms with Crippen LogP contribution in [0.5, 0.6) is 0 Å². The fourth-order valence-electron chi connectivity index (χ4n) is 1.19. The molecule has 0 aliphatic rings. The summed E-state index contributed by atoms with van der Waals surface area (Å²) in [6, 6.07) is 0. The fraction of sp³-hybridized carbons (Fsp3) is 0.625. The van der Waals surface area contributed by atoms with Crippen LogP contribution in [0.15, 0.2) is 6.20 Å². The van der Waals surface area contributed by atoms with Gasteiger partial charge in [-0.1, -0.05) is 20.8 Å². The van der Waals surface area contributed by atoms with Gasteiger partial charge in [-0.05, 0) is 0 Å². The van der Waals surface area contributed by atoms with E-state index in [4.69, 9.17) is 5.73 Å². The number of anilines is 1. The molecule has 0 unspecified atom stereocenters. The van der Waals surface area contributed by atoms with E-state index in [1.54, 1.807) is 0 Å². The molecule has 1 aromatic rings. The van der Waals surface area contributed by atoms with E-state index >= 15 is 0 Å². The van der Waals surface area contributed by atoms with Gasteiger partial charge in [0.1, 0.15) is 11.6 Å². The van der Waals surface area contributed by atoms with E-state index in [0.717, 1.165) is 5.82 Å². The maximum Gasteiger partial charge on any atom is 0.141 e. The number of aryl methyl sites for hydroxylation is 1. The SMILES string of the molecule is Cn1cc(N)nc1C(C)(C)C. The Morgan fingerprint density at radius 2 is 2.00 bits per heavy atom. The van der Waals surface area contributed by atoms with Crippen LogP contribution in [-0.2, 0) is 12.5 Å². The van der Waals surface area contributed by atoms with E-state index in [-0.39, 0.29) is 5.41 Å². The second-order valence-corrected chi connectivity index (χ2v) is 3.85. The maximum atomic E-state index is 5.54. The van der Waals surface area contributed by atoms with Crippen LogP contribution in [0.3, 0.4) is 0 Å². The van der Waals surface area contributed by atoms with E-state index in [1.807, 2.05) is 17.8 Å². The maximum absolute atomic E-state index is 5.54. The van der Waals surface area contributed by atoms with Crippen molar-refractivity contribution in [3.63, 3.8) is 0 Å². The van der Waals surface area contributed by atoms with Gasteiger partial charge in [0.15, 0.2) is 0 Å². The molecular weight excluding hydrogens is 138 g/mol. The average molecular weight is 153 g/mol. The molecule has 0 saturated carbocycles. The van der Waals surface area contributed by atoms with Gasteiger partial charge in [0.25, 0.3) is 0 Å². The van der Waals surface area contributed by atoms with Gasteiger partial charge in [-0.3, -0.25) is 0 Å². The van der Waals surface area contributed by atoms with Crippen LogP contribution in [0.25, 0.3) is 0 Å². The highest BCUT2D eigenvalue weighted by molar-refractivity contribution is 5.27. The smallest absolute Gasteiger partial charge is 0.141 e. The predicted octanol–water partition coefficient (Wildman–Crippen LogP) is 1.30. The van der Waals surface area contributed by atoms with E-state index in [2.05, 4.69) is 25.8 Å². The lowest BCUT2D eigenvalue weighted by atomic mass is 9.96. The first-order valence-corrected chi connectivity index (χ1v) is 3.70. The summed E-state index contributed by atoms with van der Waals surface area (Å²) in [6.45, 7) is 6.36. The molecule has 1 aromatic heterocycles. The molecule has 0 saturated heterocycles. The zero-order valence-electron chi connectivity index (χ0n) is 7.55. The van der Waals surface area contributed by atoms with E-state index in [1.165, 1.54) is 0 Å². The number of nitrogens with zero attached hydrogens (tertiary/aromatic N) is 2. The summed E-state index contributed by atoms with van der Waals surface area (Å²) in [6.07, 6.45) is 1.83. The van der Waals surface area contributed by atoms with Crippen molar-refractivity contribution in [2.75, 3.05) is 5.73 Å². The summed E-state index contributed by atoms with van der Waals surface area (Å²) < 4.78 is 1.97. The molecule has 3 heteroatoms. The molecule has 0 amide bonds. The Balaban J connectivity index is 3.13. The molecule has 2 N–H and O–H groups in total. The summed E-state index contributed by atoms with van der Waals surface area (Å²) in [5.74, 6) is 1.62. The van der Waals surface area contributed by atoms with Crippen LogP contribution in [-0.4, -0.2) is 9.55 Å². The molecule has 0 radical (unpaired) electrons. The number of nitrogens with two attached hydrogens (primary N) is 1. The number of aromatic nitrogens is 2. The Hall–Kier alpha value is -0.990. The highest BCUT2D eigenvalue weighted by Gasteiger charge is 2.19. The number of hydrogen-bond donors (Lipinski definition) is 1. The van der Waals surface area contributed by atoms with Crippen molar-refractivity contribution >= 4 is 5.82 Å². The van der Waals surface area contributed by atoms with Crippen molar-refractivity contribution in [3.8, 4) is 0 Å². The quantitative estimate of drug-likeness (QED) is 0.610. The zero-order chi connectivity index (χ0) is 8.65. The summed E-state index contributed by atoms with van der Waals surface area (Å²) in [7, 11) is 1.96. The van der Waals surface area contributed by atoms with Crippen molar-refractivity contribution < 1.29 is 0 Å². The highest BCUT2D eigenvalue weighted by Crippen LogP contribution is 2.20. The second kappa shape index (κ2) is 2.26. The zero-order valence-corrected chi connectivity index (χ0v) is 7.55. The Kier molecular flexibility index (Phi) is 1.66. The molecule has 0 spiro atoms. The van der Waals surface area contributed by atoms with Gasteiger partial charge in [0, 0.05) is 18.7 Å². The van der Waals surface area contributed by atoms with Crippen molar-refractivity contribution in [1.29, 1.82) is 0 Å². The van der Waals surface area contributed by atoms with Gasteiger partial charge >= 0.3 is 0 Å². The second-order valence-electron chi connectivity index (χ2n) is 3.85. The minimum atomic E-state index is 0.0758. The Morgan fingerprint density at radius 3 is 2.18 bits per heavy atom. The van der Waals surface area contributed by atoms with Gasteiger partial charge in [-0.25, -0.2) is 4.98 Å². The summed E-state index contributed by atoms with van der Waals surface area (Å²) in [5.41, 5.74) is 5.62. The van der Waals surface area contributed by atoms with Crippen LogP contribution in [0.4, 0.5) is 5.82 Å². The molecule has 11 heavy (non-hydrogen) atoms. The van der Waals surface area contributed by atoms with Gasteiger partial charge in [0.05, 0.1) is 0 Å². The predicted molar refractivity (Wildman–Crippen MR) is 46.3 cm³/mol. The monoisotopic (exact) mass is 153 g/mol. The first-order valence-electron chi connectivity index (χ1n) is 3.70. The third-order valence-electron chi connectivity index (χ3n) is 1.57. The van der Waals surface area contributed by atoms with E-state index < -0.39 is 0 Å². The molecule has 0 aromatic carbocycles. The van der Waals surface area contributed by atoms with Crippen LogP contribution >= 0.6 is 0 Å². The molecule has 1 rings (SSSR count).